The van der Waals surface area contributed by atoms with Crippen LogP contribution in [0.5, 0.6) is 0 Å². The molecule has 0 aliphatic carbocycles. The Morgan fingerprint density at radius 3 is 2.59 bits per heavy atom. The second-order valence-electron chi connectivity index (χ2n) is 8.40. The van der Waals surface area contributed by atoms with Gasteiger partial charge in [0.1, 0.15) is 5.69 Å². The second-order valence-corrected chi connectivity index (χ2v) is 8.81. The molecule has 2 heterocycles. The lowest BCUT2D eigenvalue weighted by Crippen LogP contribution is -2.17. The van der Waals surface area contributed by atoms with Crippen LogP contribution in [0.1, 0.15) is 48.8 Å². The Morgan fingerprint density at radius 1 is 1.19 bits per heavy atom. The van der Waals surface area contributed by atoms with Crippen LogP contribution in [0.15, 0.2) is 30.5 Å². The van der Waals surface area contributed by atoms with Crippen molar-refractivity contribution in [2.45, 2.75) is 40.0 Å². The molecule has 5 heteroatoms. The van der Waals surface area contributed by atoms with Gasteiger partial charge >= 0.3 is 0 Å². The monoisotopic (exact) mass is 385 g/mol. The summed E-state index contributed by atoms with van der Waals surface area (Å²) < 4.78 is 0. The molecule has 1 N–H and O–H groups in total. The molecule has 2 aromatic rings. The van der Waals surface area contributed by atoms with Gasteiger partial charge in [-0.2, -0.15) is 0 Å². The Bertz CT molecular complexity index is 825. The Labute approximate surface area is 166 Å². The Morgan fingerprint density at radius 2 is 1.93 bits per heavy atom. The van der Waals surface area contributed by atoms with E-state index in [2.05, 4.69) is 42.0 Å². The Kier molecular flexibility index (Phi) is 5.87. The van der Waals surface area contributed by atoms with Gasteiger partial charge in [-0.1, -0.05) is 38.4 Å². The van der Waals surface area contributed by atoms with Crippen molar-refractivity contribution in [1.82, 2.24) is 10.3 Å². The molecule has 3 rings (SSSR count). The van der Waals surface area contributed by atoms with Crippen LogP contribution in [-0.4, -0.2) is 30.9 Å². The largest absolute Gasteiger partial charge is 0.342 e. The van der Waals surface area contributed by atoms with Crippen LogP contribution in [0.2, 0.25) is 5.02 Å². The number of carbonyl (C=O) groups excluding carboxylic acids is 1. The number of Topliss-reactive ketones (excluding diaryl/α,β-unsaturated/α-hetero) is 1. The molecule has 1 aliphatic rings. The first-order chi connectivity index (χ1) is 12.8. The molecule has 1 aromatic heterocycles. The summed E-state index contributed by atoms with van der Waals surface area (Å²) in [4.78, 5) is 18.9. The van der Waals surface area contributed by atoms with Gasteiger partial charge in [-0.15, -0.1) is 0 Å². The fraction of sp³-hybridized carbons (Fsp3) is 0.455. The maximum atomic E-state index is 12.4. The van der Waals surface area contributed by atoms with Crippen molar-refractivity contribution in [3.63, 3.8) is 0 Å². The summed E-state index contributed by atoms with van der Waals surface area (Å²) >= 11 is 6.58. The molecular formula is C22H28ClN3O. The molecule has 144 valence electrons. The van der Waals surface area contributed by atoms with Crippen molar-refractivity contribution in [3.05, 3.63) is 52.3 Å². The first kappa shape index (κ1) is 19.8. The van der Waals surface area contributed by atoms with E-state index in [1.807, 2.05) is 25.2 Å². The molecule has 0 saturated carbocycles. The standard InChI is InChI=1S/C22H28ClN3O/c1-22(2,3)13-20(27)19-8-6-16(14-25-19)26(4)21-17-10-12-24-11-9-15(17)5-7-18(21)23/h5-8,14,24H,9-13H2,1-4H3. The zero-order valence-corrected chi connectivity index (χ0v) is 17.4. The number of carbonyl (C=O) groups is 1. The number of anilines is 2. The lowest BCUT2D eigenvalue weighted by molar-refractivity contribution is 0.0935. The van der Waals surface area contributed by atoms with Gasteiger partial charge in [0.2, 0.25) is 0 Å². The number of ketones is 1. The highest BCUT2D eigenvalue weighted by atomic mass is 35.5. The van der Waals surface area contributed by atoms with Crippen molar-refractivity contribution in [2.75, 3.05) is 25.0 Å². The zero-order chi connectivity index (χ0) is 19.6. The third kappa shape index (κ3) is 4.69. The summed E-state index contributed by atoms with van der Waals surface area (Å²) in [6.07, 6.45) is 4.21. The molecule has 0 bridgehead atoms. The van der Waals surface area contributed by atoms with E-state index < -0.39 is 0 Å². The summed E-state index contributed by atoms with van der Waals surface area (Å²) in [6, 6.07) is 7.88. The fourth-order valence-corrected chi connectivity index (χ4v) is 3.84. The SMILES string of the molecule is CN(c1ccc(C(=O)CC(C)(C)C)nc1)c1c(Cl)ccc2c1CCNCC2. The van der Waals surface area contributed by atoms with Crippen LogP contribution >= 0.6 is 11.6 Å². The normalized spacial score (nSPS) is 14.4. The topological polar surface area (TPSA) is 45.2 Å². The van der Waals surface area contributed by atoms with Gasteiger partial charge in [0.25, 0.3) is 0 Å². The van der Waals surface area contributed by atoms with E-state index in [-0.39, 0.29) is 11.2 Å². The number of hydrogen-bond acceptors (Lipinski definition) is 4. The highest BCUT2D eigenvalue weighted by Gasteiger charge is 2.21. The smallest absolute Gasteiger partial charge is 0.181 e. The van der Waals surface area contributed by atoms with Crippen molar-refractivity contribution in [1.29, 1.82) is 0 Å². The number of nitrogens with zero attached hydrogens (tertiary/aromatic N) is 2. The number of rotatable bonds is 4. The number of aromatic nitrogens is 1. The van der Waals surface area contributed by atoms with Gasteiger partial charge < -0.3 is 10.2 Å². The summed E-state index contributed by atoms with van der Waals surface area (Å²) in [5.74, 6) is 0.0781. The number of halogens is 1. The fourth-order valence-electron chi connectivity index (χ4n) is 3.54. The Hall–Kier alpha value is -1.91. The minimum Gasteiger partial charge on any atom is -0.342 e. The van der Waals surface area contributed by atoms with Crippen LogP contribution in [0.25, 0.3) is 0 Å². The van der Waals surface area contributed by atoms with Crippen LogP contribution in [0.4, 0.5) is 11.4 Å². The Balaban J connectivity index is 1.89. The second kappa shape index (κ2) is 7.99. The van der Waals surface area contributed by atoms with Crippen LogP contribution < -0.4 is 10.2 Å². The van der Waals surface area contributed by atoms with Gasteiger partial charge in [-0.3, -0.25) is 9.78 Å². The molecule has 0 radical (unpaired) electrons. The van der Waals surface area contributed by atoms with E-state index in [1.54, 1.807) is 6.20 Å². The predicted molar refractivity (Wildman–Crippen MR) is 112 cm³/mol. The number of nitrogens with one attached hydrogen (secondary N) is 1. The lowest BCUT2D eigenvalue weighted by atomic mass is 9.89. The number of hydrogen-bond donors (Lipinski definition) is 1. The quantitative estimate of drug-likeness (QED) is 0.767. The first-order valence-electron chi connectivity index (χ1n) is 9.50. The van der Waals surface area contributed by atoms with Crippen LogP contribution in [0.3, 0.4) is 0 Å². The number of benzene rings is 1. The highest BCUT2D eigenvalue weighted by molar-refractivity contribution is 6.33. The molecule has 4 nitrogen and oxygen atoms in total. The van der Waals surface area contributed by atoms with Crippen molar-refractivity contribution >= 4 is 28.8 Å². The summed E-state index contributed by atoms with van der Waals surface area (Å²) in [5.41, 5.74) is 5.07. The van der Waals surface area contributed by atoms with Crippen molar-refractivity contribution < 1.29 is 4.79 Å². The van der Waals surface area contributed by atoms with E-state index in [9.17, 15) is 4.79 Å². The van der Waals surface area contributed by atoms with Crippen LogP contribution in [0, 0.1) is 5.41 Å². The maximum Gasteiger partial charge on any atom is 0.181 e. The highest BCUT2D eigenvalue weighted by Crippen LogP contribution is 2.36. The van der Waals surface area contributed by atoms with E-state index in [1.165, 1.54) is 11.1 Å². The van der Waals surface area contributed by atoms with E-state index in [0.717, 1.165) is 42.3 Å². The molecule has 27 heavy (non-hydrogen) atoms. The van der Waals surface area contributed by atoms with E-state index >= 15 is 0 Å². The van der Waals surface area contributed by atoms with Gasteiger partial charge in [0, 0.05) is 13.5 Å². The first-order valence-corrected chi connectivity index (χ1v) is 9.88. The third-order valence-electron chi connectivity index (χ3n) is 4.90. The summed E-state index contributed by atoms with van der Waals surface area (Å²) in [5, 5.41) is 4.19. The molecule has 1 aliphatic heterocycles. The van der Waals surface area contributed by atoms with Gasteiger partial charge in [0.05, 0.1) is 22.6 Å². The summed E-state index contributed by atoms with van der Waals surface area (Å²) in [7, 11) is 2.01. The molecule has 0 amide bonds. The van der Waals surface area contributed by atoms with E-state index in [4.69, 9.17) is 11.6 Å². The predicted octanol–water partition coefficient (Wildman–Crippen LogP) is 4.81. The summed E-state index contributed by atoms with van der Waals surface area (Å²) in [6.45, 7) is 8.12. The zero-order valence-electron chi connectivity index (χ0n) is 16.6. The van der Waals surface area contributed by atoms with Crippen LogP contribution in [-0.2, 0) is 12.8 Å². The molecule has 0 saturated heterocycles. The van der Waals surface area contributed by atoms with Crippen molar-refractivity contribution in [2.24, 2.45) is 5.41 Å². The molecule has 0 unspecified atom stereocenters. The molecule has 0 spiro atoms. The molecule has 0 atom stereocenters. The average Bonchev–Trinajstić information content (AvgIpc) is 2.85. The van der Waals surface area contributed by atoms with Gasteiger partial charge in [-0.05, 0) is 60.7 Å². The maximum absolute atomic E-state index is 12.4. The van der Waals surface area contributed by atoms with Gasteiger partial charge in [-0.25, -0.2) is 0 Å². The van der Waals surface area contributed by atoms with Crippen molar-refractivity contribution in [3.8, 4) is 0 Å². The number of pyridine rings is 1. The van der Waals surface area contributed by atoms with E-state index in [0.29, 0.717) is 12.1 Å². The average molecular weight is 386 g/mol. The third-order valence-corrected chi connectivity index (χ3v) is 5.21. The number of fused-ring (bicyclic) bond motifs is 1. The van der Waals surface area contributed by atoms with Gasteiger partial charge in [0.15, 0.2) is 5.78 Å². The molecule has 0 fully saturated rings. The molecule has 1 aromatic carbocycles. The lowest BCUT2D eigenvalue weighted by Gasteiger charge is -2.25. The minimum absolute atomic E-state index is 0.0442. The molecular weight excluding hydrogens is 358 g/mol. The minimum atomic E-state index is -0.0442.